The molecule has 0 fully saturated rings. The molecule has 1 amide bonds. The summed E-state index contributed by atoms with van der Waals surface area (Å²) in [5.41, 5.74) is -0.958. The van der Waals surface area contributed by atoms with Gasteiger partial charge in [0, 0.05) is 11.3 Å². The maximum atomic E-state index is 13.8. The molecule has 0 aliphatic rings. The monoisotopic (exact) mass is 327 g/mol. The van der Waals surface area contributed by atoms with E-state index in [-0.39, 0.29) is 11.3 Å². The third-order valence-corrected chi connectivity index (χ3v) is 2.69. The average Bonchev–Trinajstić information content (AvgIpc) is 2.35. The fourth-order valence-electron chi connectivity index (χ4n) is 1.81. The van der Waals surface area contributed by atoms with E-state index in [1.54, 1.807) is 20.8 Å². The van der Waals surface area contributed by atoms with Gasteiger partial charge in [0.15, 0.2) is 0 Å². The molecule has 0 radical (unpaired) electrons. The van der Waals surface area contributed by atoms with E-state index in [4.69, 9.17) is 14.9 Å². The van der Waals surface area contributed by atoms with Crippen LogP contribution in [0, 0.1) is 5.82 Å². The van der Waals surface area contributed by atoms with Gasteiger partial charge in [0.1, 0.15) is 11.4 Å². The SMILES string of the molecule is CC(C)(C)OC(=O)Nc1ccc(F)c(C(CC(=O)O)C(=O)O)c1. The van der Waals surface area contributed by atoms with Crippen molar-refractivity contribution >= 4 is 23.7 Å². The highest BCUT2D eigenvalue weighted by Crippen LogP contribution is 2.26. The summed E-state index contributed by atoms with van der Waals surface area (Å²) in [4.78, 5) is 33.6. The lowest BCUT2D eigenvalue weighted by Crippen LogP contribution is -2.27. The number of amides is 1. The first-order valence-corrected chi connectivity index (χ1v) is 6.73. The summed E-state index contributed by atoms with van der Waals surface area (Å²) in [5.74, 6) is -5.27. The summed E-state index contributed by atoms with van der Waals surface area (Å²) in [5, 5.41) is 20.2. The summed E-state index contributed by atoms with van der Waals surface area (Å²) in [7, 11) is 0. The van der Waals surface area contributed by atoms with Gasteiger partial charge in [0.05, 0.1) is 12.3 Å². The van der Waals surface area contributed by atoms with Gasteiger partial charge in [-0.2, -0.15) is 0 Å². The number of aliphatic carboxylic acids is 2. The lowest BCUT2D eigenvalue weighted by atomic mass is 9.95. The van der Waals surface area contributed by atoms with Crippen molar-refractivity contribution in [1.82, 2.24) is 0 Å². The predicted molar refractivity (Wildman–Crippen MR) is 78.9 cm³/mol. The van der Waals surface area contributed by atoms with Crippen molar-refractivity contribution < 1.29 is 33.7 Å². The minimum absolute atomic E-state index is 0.104. The van der Waals surface area contributed by atoms with Crippen LogP contribution in [0.5, 0.6) is 0 Å². The minimum atomic E-state index is -1.56. The molecular weight excluding hydrogens is 309 g/mol. The van der Waals surface area contributed by atoms with E-state index < -0.39 is 41.8 Å². The number of halogens is 1. The molecule has 0 aliphatic heterocycles. The first kappa shape index (κ1) is 18.4. The van der Waals surface area contributed by atoms with Crippen LogP contribution in [0.25, 0.3) is 0 Å². The van der Waals surface area contributed by atoms with Crippen molar-refractivity contribution in [2.45, 2.75) is 38.7 Å². The maximum absolute atomic E-state index is 13.8. The fourth-order valence-corrected chi connectivity index (χ4v) is 1.81. The highest BCUT2D eigenvalue weighted by atomic mass is 19.1. The second kappa shape index (κ2) is 7.08. The van der Waals surface area contributed by atoms with Gasteiger partial charge in [-0.3, -0.25) is 14.9 Å². The van der Waals surface area contributed by atoms with Crippen LogP contribution in [-0.2, 0) is 14.3 Å². The van der Waals surface area contributed by atoms with Gasteiger partial charge in [0.2, 0.25) is 0 Å². The number of ether oxygens (including phenoxy) is 1. The number of rotatable bonds is 5. The number of carboxylic acids is 2. The van der Waals surface area contributed by atoms with Crippen LogP contribution in [0.1, 0.15) is 38.7 Å². The summed E-state index contributed by atoms with van der Waals surface area (Å²) < 4.78 is 18.9. The van der Waals surface area contributed by atoms with Crippen LogP contribution >= 0.6 is 0 Å². The maximum Gasteiger partial charge on any atom is 0.412 e. The van der Waals surface area contributed by atoms with Gasteiger partial charge in [0.25, 0.3) is 0 Å². The minimum Gasteiger partial charge on any atom is -0.481 e. The molecule has 23 heavy (non-hydrogen) atoms. The quantitative estimate of drug-likeness (QED) is 0.766. The molecule has 1 atom stereocenters. The van der Waals surface area contributed by atoms with Gasteiger partial charge in [-0.25, -0.2) is 9.18 Å². The van der Waals surface area contributed by atoms with Gasteiger partial charge >= 0.3 is 18.0 Å². The molecule has 0 aliphatic carbocycles. The van der Waals surface area contributed by atoms with Crippen molar-refractivity contribution in [3.05, 3.63) is 29.6 Å². The molecule has 0 saturated carbocycles. The Morgan fingerprint density at radius 1 is 1.26 bits per heavy atom. The van der Waals surface area contributed by atoms with Crippen LogP contribution in [0.15, 0.2) is 18.2 Å². The van der Waals surface area contributed by atoms with Crippen LogP contribution in [0.3, 0.4) is 0 Å². The first-order chi connectivity index (χ1) is 10.5. The number of carbonyl (C=O) groups excluding carboxylic acids is 1. The molecular formula is C15H18FNO6. The van der Waals surface area contributed by atoms with Crippen molar-refractivity contribution in [2.75, 3.05) is 5.32 Å². The summed E-state index contributed by atoms with van der Waals surface area (Å²) >= 11 is 0. The Morgan fingerprint density at radius 3 is 2.35 bits per heavy atom. The predicted octanol–water partition coefficient (Wildman–Crippen LogP) is 2.82. The Labute approximate surface area is 132 Å². The molecule has 0 aromatic heterocycles. The molecule has 1 aromatic carbocycles. The smallest absolute Gasteiger partial charge is 0.412 e. The number of anilines is 1. The van der Waals surface area contributed by atoms with E-state index in [2.05, 4.69) is 5.32 Å². The molecule has 0 spiro atoms. The normalized spacial score (nSPS) is 12.3. The van der Waals surface area contributed by atoms with Crippen LogP contribution in [-0.4, -0.2) is 33.8 Å². The molecule has 3 N–H and O–H groups in total. The lowest BCUT2D eigenvalue weighted by Gasteiger charge is -2.20. The van der Waals surface area contributed by atoms with E-state index in [0.29, 0.717) is 0 Å². The van der Waals surface area contributed by atoms with Crippen molar-refractivity contribution in [3.63, 3.8) is 0 Å². The second-order valence-corrected chi connectivity index (χ2v) is 5.85. The second-order valence-electron chi connectivity index (χ2n) is 5.85. The number of carbonyl (C=O) groups is 3. The molecule has 0 saturated heterocycles. The zero-order valence-electron chi connectivity index (χ0n) is 12.9. The molecule has 0 bridgehead atoms. The van der Waals surface area contributed by atoms with E-state index in [1.807, 2.05) is 0 Å². The highest BCUT2D eigenvalue weighted by Gasteiger charge is 2.26. The summed E-state index contributed by atoms with van der Waals surface area (Å²) in [6.07, 6.45) is -1.57. The number of carboxylic acid groups (broad SMARTS) is 2. The molecule has 8 heteroatoms. The van der Waals surface area contributed by atoms with Crippen molar-refractivity contribution in [2.24, 2.45) is 0 Å². The summed E-state index contributed by atoms with van der Waals surface area (Å²) in [6.45, 7) is 4.99. The number of benzene rings is 1. The molecule has 1 aromatic rings. The topological polar surface area (TPSA) is 113 Å². The zero-order chi connectivity index (χ0) is 17.8. The molecule has 0 heterocycles. The summed E-state index contributed by atoms with van der Waals surface area (Å²) in [6, 6.07) is 3.27. The van der Waals surface area contributed by atoms with E-state index in [1.165, 1.54) is 6.07 Å². The fraction of sp³-hybridized carbons (Fsp3) is 0.400. The Balaban J connectivity index is 3.04. The zero-order valence-corrected chi connectivity index (χ0v) is 12.9. The Hall–Kier alpha value is -2.64. The van der Waals surface area contributed by atoms with Crippen LogP contribution < -0.4 is 5.32 Å². The Kier molecular flexibility index (Phi) is 5.67. The van der Waals surface area contributed by atoms with Gasteiger partial charge in [-0.05, 0) is 39.0 Å². The Bertz CT molecular complexity index is 623. The van der Waals surface area contributed by atoms with Gasteiger partial charge in [-0.15, -0.1) is 0 Å². The average molecular weight is 327 g/mol. The molecule has 1 unspecified atom stereocenters. The third-order valence-electron chi connectivity index (χ3n) is 2.69. The van der Waals surface area contributed by atoms with Crippen LogP contribution in [0.2, 0.25) is 0 Å². The van der Waals surface area contributed by atoms with E-state index in [9.17, 15) is 18.8 Å². The molecule has 7 nitrogen and oxygen atoms in total. The highest BCUT2D eigenvalue weighted by molar-refractivity contribution is 5.86. The van der Waals surface area contributed by atoms with E-state index >= 15 is 0 Å². The van der Waals surface area contributed by atoms with Gasteiger partial charge < -0.3 is 14.9 Å². The van der Waals surface area contributed by atoms with Crippen molar-refractivity contribution in [3.8, 4) is 0 Å². The number of hydrogen-bond donors (Lipinski definition) is 3. The largest absolute Gasteiger partial charge is 0.481 e. The standard InChI is InChI=1S/C15H18FNO6/c1-15(2,3)23-14(22)17-8-4-5-11(16)9(6-8)10(13(20)21)7-12(18)19/h4-6,10H,7H2,1-3H3,(H,17,22)(H,18,19)(H,20,21). The van der Waals surface area contributed by atoms with Crippen LogP contribution in [0.4, 0.5) is 14.9 Å². The Morgan fingerprint density at radius 2 is 1.87 bits per heavy atom. The number of hydrogen-bond acceptors (Lipinski definition) is 4. The first-order valence-electron chi connectivity index (χ1n) is 6.73. The molecule has 1 rings (SSSR count). The lowest BCUT2D eigenvalue weighted by molar-refractivity contribution is -0.145. The van der Waals surface area contributed by atoms with E-state index in [0.717, 1.165) is 12.1 Å². The van der Waals surface area contributed by atoms with Gasteiger partial charge in [-0.1, -0.05) is 0 Å². The third kappa shape index (κ3) is 5.93. The molecule has 126 valence electrons. The number of nitrogens with one attached hydrogen (secondary N) is 1. The van der Waals surface area contributed by atoms with Crippen molar-refractivity contribution in [1.29, 1.82) is 0 Å².